The van der Waals surface area contributed by atoms with Crippen LogP contribution in [0.1, 0.15) is 32.6 Å². The fourth-order valence-corrected chi connectivity index (χ4v) is 4.38. The zero-order valence-corrected chi connectivity index (χ0v) is 14.6. The standard InChI is InChI=1S/C16H23N3O4S/c1-2-23-14-8-7-13(18-16(20)17-12-5-6-12)11-15(14)24(21,22)19-9-3-4-10-19/h7-8,11-12H,2-6,9-10H2,1H3,(H2,17,18,20). The summed E-state index contributed by atoms with van der Waals surface area (Å²) in [6.07, 6.45) is 3.71. The summed E-state index contributed by atoms with van der Waals surface area (Å²) in [5, 5.41) is 5.51. The summed E-state index contributed by atoms with van der Waals surface area (Å²) in [6, 6.07) is 4.65. The van der Waals surface area contributed by atoms with Gasteiger partial charge in [0.05, 0.1) is 6.61 Å². The summed E-state index contributed by atoms with van der Waals surface area (Å²) < 4.78 is 32.7. The molecule has 1 aromatic carbocycles. The molecule has 132 valence electrons. The van der Waals surface area contributed by atoms with Crippen LogP contribution in [0.15, 0.2) is 23.1 Å². The lowest BCUT2D eigenvalue weighted by Gasteiger charge is -2.19. The van der Waals surface area contributed by atoms with E-state index in [1.165, 1.54) is 10.4 Å². The quantitative estimate of drug-likeness (QED) is 0.820. The fourth-order valence-electron chi connectivity index (χ4n) is 2.71. The Balaban J connectivity index is 1.86. The molecule has 0 unspecified atom stereocenters. The van der Waals surface area contributed by atoms with Gasteiger partial charge in [-0.05, 0) is 50.8 Å². The molecule has 3 rings (SSSR count). The van der Waals surface area contributed by atoms with Crippen LogP contribution in [0.4, 0.5) is 10.5 Å². The molecule has 1 aliphatic carbocycles. The van der Waals surface area contributed by atoms with Gasteiger partial charge in [0.1, 0.15) is 10.6 Å². The van der Waals surface area contributed by atoms with E-state index in [0.717, 1.165) is 25.7 Å². The molecule has 0 atom stereocenters. The van der Waals surface area contributed by atoms with Crippen LogP contribution >= 0.6 is 0 Å². The molecule has 1 aromatic rings. The maximum absolute atomic E-state index is 12.9. The molecule has 1 saturated heterocycles. The first-order valence-corrected chi connectivity index (χ1v) is 9.79. The van der Waals surface area contributed by atoms with Crippen LogP contribution in [0.25, 0.3) is 0 Å². The summed E-state index contributed by atoms with van der Waals surface area (Å²) in [4.78, 5) is 12.0. The van der Waals surface area contributed by atoms with E-state index in [-0.39, 0.29) is 17.0 Å². The number of nitrogens with zero attached hydrogens (tertiary/aromatic N) is 1. The summed E-state index contributed by atoms with van der Waals surface area (Å²) in [7, 11) is -3.62. The normalized spacial score (nSPS) is 18.4. The van der Waals surface area contributed by atoms with Gasteiger partial charge in [0.2, 0.25) is 10.0 Å². The van der Waals surface area contributed by atoms with Crippen molar-refractivity contribution in [1.82, 2.24) is 9.62 Å². The Labute approximate surface area is 142 Å². The highest BCUT2D eigenvalue weighted by Crippen LogP contribution is 2.31. The third kappa shape index (κ3) is 3.81. The Morgan fingerprint density at radius 3 is 2.62 bits per heavy atom. The average molecular weight is 353 g/mol. The molecule has 24 heavy (non-hydrogen) atoms. The van der Waals surface area contributed by atoms with Crippen molar-refractivity contribution in [3.8, 4) is 5.75 Å². The van der Waals surface area contributed by atoms with Gasteiger partial charge in [-0.25, -0.2) is 13.2 Å². The van der Waals surface area contributed by atoms with Crippen molar-refractivity contribution in [3.63, 3.8) is 0 Å². The molecule has 0 spiro atoms. The van der Waals surface area contributed by atoms with Gasteiger partial charge in [-0.15, -0.1) is 0 Å². The Kier molecular flexibility index (Phi) is 4.96. The predicted octanol–water partition coefficient (Wildman–Crippen LogP) is 2.15. The molecule has 1 aliphatic heterocycles. The minimum atomic E-state index is -3.62. The van der Waals surface area contributed by atoms with Crippen molar-refractivity contribution in [1.29, 1.82) is 0 Å². The highest BCUT2D eigenvalue weighted by molar-refractivity contribution is 7.89. The van der Waals surface area contributed by atoms with E-state index >= 15 is 0 Å². The second-order valence-corrected chi connectivity index (χ2v) is 7.98. The number of rotatable bonds is 6. The summed E-state index contributed by atoms with van der Waals surface area (Å²) in [5.41, 5.74) is 0.439. The first kappa shape index (κ1) is 17.0. The van der Waals surface area contributed by atoms with Gasteiger partial charge in [-0.2, -0.15) is 4.31 Å². The van der Waals surface area contributed by atoms with E-state index in [4.69, 9.17) is 4.74 Å². The van der Waals surface area contributed by atoms with Gasteiger partial charge in [0.25, 0.3) is 0 Å². The van der Waals surface area contributed by atoms with Crippen LogP contribution in [0, 0.1) is 0 Å². The number of hydrogen-bond acceptors (Lipinski definition) is 4. The van der Waals surface area contributed by atoms with Crippen molar-refractivity contribution in [3.05, 3.63) is 18.2 Å². The molecule has 0 bridgehead atoms. The molecular weight excluding hydrogens is 330 g/mol. The molecule has 1 saturated carbocycles. The number of urea groups is 1. The Morgan fingerprint density at radius 2 is 2.00 bits per heavy atom. The number of sulfonamides is 1. The molecular formula is C16H23N3O4S. The number of anilines is 1. The molecule has 1 heterocycles. The lowest BCUT2D eigenvalue weighted by atomic mass is 10.3. The van der Waals surface area contributed by atoms with Gasteiger partial charge in [0, 0.05) is 24.8 Å². The highest BCUT2D eigenvalue weighted by Gasteiger charge is 2.30. The second-order valence-electron chi connectivity index (χ2n) is 6.08. The van der Waals surface area contributed by atoms with Crippen LogP contribution < -0.4 is 15.4 Å². The van der Waals surface area contributed by atoms with Gasteiger partial charge >= 0.3 is 6.03 Å². The van der Waals surface area contributed by atoms with Crippen molar-refractivity contribution in [2.45, 2.75) is 43.5 Å². The molecule has 2 aliphatic rings. The first-order chi connectivity index (χ1) is 11.5. The maximum atomic E-state index is 12.9. The van der Waals surface area contributed by atoms with E-state index < -0.39 is 10.0 Å². The number of amides is 2. The van der Waals surface area contributed by atoms with Gasteiger partial charge < -0.3 is 15.4 Å². The number of hydrogen-bond donors (Lipinski definition) is 2. The maximum Gasteiger partial charge on any atom is 0.319 e. The van der Waals surface area contributed by atoms with E-state index in [1.807, 2.05) is 6.92 Å². The van der Waals surface area contributed by atoms with Crippen LogP contribution in [-0.4, -0.2) is 44.5 Å². The SMILES string of the molecule is CCOc1ccc(NC(=O)NC2CC2)cc1S(=O)(=O)N1CCCC1. The number of nitrogens with one attached hydrogen (secondary N) is 2. The molecule has 8 heteroatoms. The van der Waals surface area contributed by atoms with Crippen LogP contribution in [-0.2, 0) is 10.0 Å². The molecule has 2 fully saturated rings. The summed E-state index contributed by atoms with van der Waals surface area (Å²) >= 11 is 0. The van der Waals surface area contributed by atoms with Crippen LogP contribution in [0.2, 0.25) is 0 Å². The van der Waals surface area contributed by atoms with Crippen molar-refractivity contribution in [2.24, 2.45) is 0 Å². The Bertz CT molecular complexity index is 710. The number of carbonyl (C=O) groups is 1. The van der Waals surface area contributed by atoms with E-state index in [1.54, 1.807) is 12.1 Å². The lowest BCUT2D eigenvalue weighted by molar-refractivity contribution is 0.251. The van der Waals surface area contributed by atoms with Crippen LogP contribution in [0.5, 0.6) is 5.75 Å². The first-order valence-electron chi connectivity index (χ1n) is 8.35. The van der Waals surface area contributed by atoms with Crippen molar-refractivity contribution < 1.29 is 17.9 Å². The van der Waals surface area contributed by atoms with Gasteiger partial charge in [-0.3, -0.25) is 0 Å². The second kappa shape index (κ2) is 6.98. The fraction of sp³-hybridized carbons (Fsp3) is 0.562. The number of carbonyl (C=O) groups excluding carboxylic acids is 1. The summed E-state index contributed by atoms with van der Waals surface area (Å²) in [5.74, 6) is 0.317. The predicted molar refractivity (Wildman–Crippen MR) is 90.8 cm³/mol. The molecule has 0 radical (unpaired) electrons. The van der Waals surface area contributed by atoms with E-state index in [9.17, 15) is 13.2 Å². The topological polar surface area (TPSA) is 87.7 Å². The zero-order valence-electron chi connectivity index (χ0n) is 13.7. The van der Waals surface area contributed by atoms with Gasteiger partial charge in [-0.1, -0.05) is 0 Å². The van der Waals surface area contributed by atoms with E-state index in [2.05, 4.69) is 10.6 Å². The highest BCUT2D eigenvalue weighted by atomic mass is 32.2. The molecule has 2 amide bonds. The van der Waals surface area contributed by atoms with Crippen molar-refractivity contribution in [2.75, 3.05) is 25.0 Å². The third-order valence-electron chi connectivity index (χ3n) is 4.10. The monoisotopic (exact) mass is 353 g/mol. The smallest absolute Gasteiger partial charge is 0.319 e. The summed E-state index contributed by atoms with van der Waals surface area (Å²) in [6.45, 7) is 3.22. The minimum absolute atomic E-state index is 0.107. The third-order valence-corrected chi connectivity index (χ3v) is 6.02. The average Bonchev–Trinajstić information content (AvgIpc) is 3.16. The molecule has 7 nitrogen and oxygen atoms in total. The molecule has 0 aromatic heterocycles. The molecule has 2 N–H and O–H groups in total. The van der Waals surface area contributed by atoms with E-state index in [0.29, 0.717) is 31.1 Å². The number of benzene rings is 1. The Hall–Kier alpha value is -1.80. The van der Waals surface area contributed by atoms with Crippen LogP contribution in [0.3, 0.4) is 0 Å². The zero-order chi connectivity index (χ0) is 17.2. The number of ether oxygens (including phenoxy) is 1. The largest absolute Gasteiger partial charge is 0.492 e. The van der Waals surface area contributed by atoms with Crippen molar-refractivity contribution >= 4 is 21.7 Å². The van der Waals surface area contributed by atoms with Gasteiger partial charge in [0.15, 0.2) is 0 Å². The minimum Gasteiger partial charge on any atom is -0.492 e. The Morgan fingerprint density at radius 1 is 1.29 bits per heavy atom. The lowest BCUT2D eigenvalue weighted by Crippen LogP contribution is -2.31.